The van der Waals surface area contributed by atoms with Gasteiger partial charge in [-0.15, -0.1) is 0 Å². The van der Waals surface area contributed by atoms with Crippen molar-refractivity contribution in [2.24, 2.45) is 0 Å². The predicted octanol–water partition coefficient (Wildman–Crippen LogP) is 4.26. The lowest BCUT2D eigenvalue weighted by Crippen LogP contribution is -2.56. The first-order valence-electron chi connectivity index (χ1n) is 8.31. The fourth-order valence-corrected chi connectivity index (χ4v) is 3.24. The van der Waals surface area contributed by atoms with Gasteiger partial charge >= 0.3 is 0 Å². The second-order valence-electron chi connectivity index (χ2n) is 6.21. The highest BCUT2D eigenvalue weighted by Crippen LogP contribution is 2.32. The highest BCUT2D eigenvalue weighted by molar-refractivity contribution is 6.33. The molecule has 2 aromatic heterocycles. The first kappa shape index (κ1) is 17.8. The molecule has 0 radical (unpaired) electrons. The highest BCUT2D eigenvalue weighted by Gasteiger charge is 2.36. The summed E-state index contributed by atoms with van der Waals surface area (Å²) in [6.45, 7) is 2.62. The number of likely N-dealkylation sites (tertiary alicyclic amines) is 1. The molecule has 1 aliphatic heterocycles. The molecule has 0 spiro atoms. The van der Waals surface area contributed by atoms with E-state index in [1.165, 1.54) is 6.20 Å². The quantitative estimate of drug-likeness (QED) is 0.650. The molecule has 1 aromatic carbocycles. The van der Waals surface area contributed by atoms with Gasteiger partial charge in [-0.05, 0) is 19.1 Å². The van der Waals surface area contributed by atoms with E-state index in [4.69, 9.17) is 32.5 Å². The predicted molar refractivity (Wildman–Crippen MR) is 101 cm³/mol. The maximum atomic E-state index is 13.0. The van der Waals surface area contributed by atoms with Crippen molar-refractivity contribution in [1.29, 1.82) is 0 Å². The van der Waals surface area contributed by atoms with Crippen molar-refractivity contribution < 1.29 is 14.1 Å². The van der Waals surface area contributed by atoms with Crippen LogP contribution in [0, 0.1) is 6.92 Å². The van der Waals surface area contributed by atoms with Crippen molar-refractivity contribution in [3.8, 4) is 17.1 Å². The summed E-state index contributed by atoms with van der Waals surface area (Å²) in [4.78, 5) is 18.7. The minimum absolute atomic E-state index is 0.119. The van der Waals surface area contributed by atoms with Crippen molar-refractivity contribution in [3.05, 3.63) is 64.0 Å². The normalized spacial score (nSPS) is 14.1. The summed E-state index contributed by atoms with van der Waals surface area (Å²) in [6.07, 6.45) is 1.40. The third-order valence-corrected chi connectivity index (χ3v) is 4.88. The van der Waals surface area contributed by atoms with Gasteiger partial charge in [0.25, 0.3) is 5.91 Å². The van der Waals surface area contributed by atoms with Gasteiger partial charge in [-0.1, -0.05) is 46.6 Å². The van der Waals surface area contributed by atoms with Crippen LogP contribution in [-0.4, -0.2) is 40.1 Å². The molecule has 1 amide bonds. The van der Waals surface area contributed by atoms with Gasteiger partial charge in [0, 0.05) is 17.8 Å². The lowest BCUT2D eigenvalue weighted by molar-refractivity contribution is 0.0159. The first-order chi connectivity index (χ1) is 13.0. The number of nitrogens with zero attached hydrogens (tertiary/aromatic N) is 3. The highest BCUT2D eigenvalue weighted by atomic mass is 35.5. The number of benzene rings is 1. The first-order valence-corrected chi connectivity index (χ1v) is 9.07. The molecule has 0 atom stereocenters. The fraction of sp³-hybridized carbons (Fsp3) is 0.211. The van der Waals surface area contributed by atoms with Crippen LogP contribution in [0.15, 0.2) is 47.1 Å². The Bertz CT molecular complexity index is 982. The third-order valence-electron chi connectivity index (χ3n) is 4.33. The van der Waals surface area contributed by atoms with E-state index in [2.05, 4.69) is 10.1 Å². The van der Waals surface area contributed by atoms with E-state index in [0.717, 1.165) is 0 Å². The Hall–Kier alpha value is -2.57. The molecule has 0 bridgehead atoms. The molecular weight excluding hydrogens is 389 g/mol. The standard InChI is InChI=1S/C19H15Cl2N3O3/c1-11-17(18(23-27-11)14-4-2-3-5-15(14)21)19(25)24-9-13(10-24)26-16-7-6-12(20)8-22-16/h2-8,13H,9-10H2,1H3. The fourth-order valence-electron chi connectivity index (χ4n) is 2.90. The minimum atomic E-state index is -0.160. The van der Waals surface area contributed by atoms with Gasteiger partial charge < -0.3 is 14.2 Å². The molecular formula is C19H15Cl2N3O3. The Kier molecular flexibility index (Phi) is 4.76. The monoisotopic (exact) mass is 403 g/mol. The summed E-state index contributed by atoms with van der Waals surface area (Å²) >= 11 is 12.1. The zero-order valence-electron chi connectivity index (χ0n) is 14.4. The van der Waals surface area contributed by atoms with E-state index < -0.39 is 0 Å². The second-order valence-corrected chi connectivity index (χ2v) is 7.05. The van der Waals surface area contributed by atoms with Crippen LogP contribution in [0.1, 0.15) is 16.1 Å². The second kappa shape index (κ2) is 7.21. The Labute approximate surface area is 165 Å². The van der Waals surface area contributed by atoms with Gasteiger partial charge in [-0.2, -0.15) is 0 Å². The van der Waals surface area contributed by atoms with Crippen LogP contribution in [0.25, 0.3) is 11.3 Å². The maximum Gasteiger partial charge on any atom is 0.260 e. The molecule has 3 heterocycles. The number of rotatable bonds is 4. The van der Waals surface area contributed by atoms with Crippen molar-refractivity contribution in [2.75, 3.05) is 13.1 Å². The van der Waals surface area contributed by atoms with Crippen LogP contribution >= 0.6 is 23.2 Å². The molecule has 1 fully saturated rings. The minimum Gasteiger partial charge on any atom is -0.471 e. The van der Waals surface area contributed by atoms with Gasteiger partial charge in [0.15, 0.2) is 0 Å². The lowest BCUT2D eigenvalue weighted by Gasteiger charge is -2.38. The Morgan fingerprint density at radius 2 is 2.00 bits per heavy atom. The number of carbonyl (C=O) groups is 1. The van der Waals surface area contributed by atoms with E-state index in [9.17, 15) is 4.79 Å². The maximum absolute atomic E-state index is 13.0. The summed E-state index contributed by atoms with van der Waals surface area (Å²) in [5, 5.41) is 5.10. The van der Waals surface area contributed by atoms with Crippen LogP contribution in [-0.2, 0) is 0 Å². The largest absolute Gasteiger partial charge is 0.471 e. The van der Waals surface area contributed by atoms with Gasteiger partial charge in [-0.25, -0.2) is 4.98 Å². The molecule has 1 saturated heterocycles. The Morgan fingerprint density at radius 1 is 1.22 bits per heavy atom. The van der Waals surface area contributed by atoms with Crippen LogP contribution in [0.2, 0.25) is 10.0 Å². The molecule has 27 heavy (non-hydrogen) atoms. The molecule has 0 N–H and O–H groups in total. The molecule has 6 nitrogen and oxygen atoms in total. The molecule has 0 saturated carbocycles. The third kappa shape index (κ3) is 3.50. The Balaban J connectivity index is 1.48. The number of amides is 1. The lowest BCUT2D eigenvalue weighted by atomic mass is 10.0. The van der Waals surface area contributed by atoms with Crippen LogP contribution in [0.5, 0.6) is 5.88 Å². The SMILES string of the molecule is Cc1onc(-c2ccccc2Cl)c1C(=O)N1CC(Oc2ccc(Cl)cn2)C1. The Morgan fingerprint density at radius 3 is 2.70 bits per heavy atom. The molecule has 4 rings (SSSR count). The average Bonchev–Trinajstić information content (AvgIpc) is 3.00. The molecule has 8 heteroatoms. The number of pyridine rings is 1. The smallest absolute Gasteiger partial charge is 0.260 e. The average molecular weight is 404 g/mol. The number of ether oxygens (including phenoxy) is 1. The topological polar surface area (TPSA) is 68.5 Å². The van der Waals surface area contributed by atoms with Crippen molar-refractivity contribution >= 4 is 29.1 Å². The summed E-state index contributed by atoms with van der Waals surface area (Å²) < 4.78 is 11.0. The van der Waals surface area contributed by atoms with Crippen molar-refractivity contribution in [3.63, 3.8) is 0 Å². The van der Waals surface area contributed by atoms with E-state index in [0.29, 0.717) is 51.6 Å². The van der Waals surface area contributed by atoms with E-state index in [1.54, 1.807) is 30.0 Å². The molecule has 1 aliphatic rings. The summed E-state index contributed by atoms with van der Waals surface area (Å²) in [5.41, 5.74) is 1.54. The van der Waals surface area contributed by atoms with Crippen molar-refractivity contribution in [1.82, 2.24) is 15.0 Å². The van der Waals surface area contributed by atoms with E-state index in [1.807, 2.05) is 18.2 Å². The number of hydrogen-bond acceptors (Lipinski definition) is 5. The molecule has 0 aliphatic carbocycles. The number of carbonyl (C=O) groups excluding carboxylic acids is 1. The van der Waals surface area contributed by atoms with E-state index in [-0.39, 0.29) is 12.0 Å². The zero-order chi connectivity index (χ0) is 19.0. The summed E-state index contributed by atoms with van der Waals surface area (Å²) in [7, 11) is 0. The molecule has 3 aromatic rings. The number of halogens is 2. The van der Waals surface area contributed by atoms with Crippen LogP contribution in [0.4, 0.5) is 0 Å². The van der Waals surface area contributed by atoms with Crippen LogP contribution in [0.3, 0.4) is 0 Å². The molecule has 138 valence electrons. The number of aryl methyl sites for hydroxylation is 1. The molecule has 0 unspecified atom stereocenters. The van der Waals surface area contributed by atoms with E-state index >= 15 is 0 Å². The van der Waals surface area contributed by atoms with Gasteiger partial charge in [0.1, 0.15) is 23.1 Å². The van der Waals surface area contributed by atoms with Crippen LogP contribution < -0.4 is 4.74 Å². The van der Waals surface area contributed by atoms with Gasteiger partial charge in [0.2, 0.25) is 5.88 Å². The van der Waals surface area contributed by atoms with Gasteiger partial charge in [0.05, 0.1) is 23.1 Å². The summed E-state index contributed by atoms with van der Waals surface area (Å²) in [5.74, 6) is 0.778. The number of aromatic nitrogens is 2. The zero-order valence-corrected chi connectivity index (χ0v) is 15.9. The number of hydrogen-bond donors (Lipinski definition) is 0. The van der Waals surface area contributed by atoms with Gasteiger partial charge in [-0.3, -0.25) is 4.79 Å². The summed E-state index contributed by atoms with van der Waals surface area (Å²) in [6, 6.07) is 10.6. The van der Waals surface area contributed by atoms with Crippen molar-refractivity contribution in [2.45, 2.75) is 13.0 Å².